The summed E-state index contributed by atoms with van der Waals surface area (Å²) >= 11 is 0. The van der Waals surface area contributed by atoms with Gasteiger partial charge in [-0.2, -0.15) is 5.10 Å². The van der Waals surface area contributed by atoms with Crippen LogP contribution in [0.4, 0.5) is 0 Å². The number of carbonyl (C=O) groups is 2. The summed E-state index contributed by atoms with van der Waals surface area (Å²) in [5, 5.41) is 4.39. The molecule has 0 aliphatic carbocycles. The Hall–Kier alpha value is -3.46. The number of piperidine rings is 2. The van der Waals surface area contributed by atoms with E-state index in [1.807, 2.05) is 24.0 Å². The second-order valence-electron chi connectivity index (χ2n) is 9.97. The Morgan fingerprint density at radius 2 is 1.95 bits per heavy atom. The molecular formula is C28H35N5O4. The van der Waals surface area contributed by atoms with Crippen LogP contribution in [0.5, 0.6) is 5.75 Å². The lowest BCUT2D eigenvalue weighted by atomic mass is 9.96. The van der Waals surface area contributed by atoms with Crippen LogP contribution in [-0.4, -0.2) is 75.7 Å². The molecule has 0 spiro atoms. The van der Waals surface area contributed by atoms with Crippen molar-refractivity contribution in [2.24, 2.45) is 11.8 Å². The van der Waals surface area contributed by atoms with Crippen molar-refractivity contribution in [2.45, 2.75) is 39.2 Å². The molecule has 0 bridgehead atoms. The molecule has 196 valence electrons. The quantitative estimate of drug-likeness (QED) is 0.433. The van der Waals surface area contributed by atoms with Gasteiger partial charge in [0, 0.05) is 44.0 Å². The van der Waals surface area contributed by atoms with E-state index < -0.39 is 0 Å². The maximum atomic E-state index is 13.1. The van der Waals surface area contributed by atoms with Gasteiger partial charge in [0.05, 0.1) is 19.1 Å². The molecule has 4 heterocycles. The summed E-state index contributed by atoms with van der Waals surface area (Å²) in [6.45, 7) is 6.89. The molecule has 1 atom stereocenters. The van der Waals surface area contributed by atoms with E-state index in [4.69, 9.17) is 9.47 Å². The van der Waals surface area contributed by atoms with Crippen molar-refractivity contribution < 1.29 is 19.1 Å². The monoisotopic (exact) mass is 505 g/mol. The molecule has 1 amide bonds. The van der Waals surface area contributed by atoms with Gasteiger partial charge in [-0.15, -0.1) is 0 Å². The van der Waals surface area contributed by atoms with Crippen LogP contribution in [0.2, 0.25) is 0 Å². The standard InChI is InChI=1S/C28H35N5O4/c1-2-36-28(35)23-9-14-31(15-10-23)18-21-6-3-8-24(16-21)37-20-22-7-4-12-32(19-22)27(34)25-17-26-29-11-5-13-33(26)30-25/h3,5-6,8,11,13,16-17,22-23H,2,4,7,9-10,12,14-15,18-20H2,1H3. The Morgan fingerprint density at radius 1 is 1.08 bits per heavy atom. The molecule has 0 saturated carbocycles. The third-order valence-electron chi connectivity index (χ3n) is 7.26. The number of amides is 1. The summed E-state index contributed by atoms with van der Waals surface area (Å²) in [6, 6.07) is 11.8. The first-order chi connectivity index (χ1) is 18.1. The average Bonchev–Trinajstić information content (AvgIpc) is 3.37. The van der Waals surface area contributed by atoms with Gasteiger partial charge in [0.1, 0.15) is 5.75 Å². The van der Waals surface area contributed by atoms with Crippen LogP contribution in [-0.2, 0) is 16.1 Å². The lowest BCUT2D eigenvalue weighted by molar-refractivity contribution is -0.149. The van der Waals surface area contributed by atoms with Gasteiger partial charge in [-0.1, -0.05) is 12.1 Å². The van der Waals surface area contributed by atoms with E-state index in [9.17, 15) is 9.59 Å². The van der Waals surface area contributed by atoms with E-state index in [0.717, 1.165) is 57.6 Å². The summed E-state index contributed by atoms with van der Waals surface area (Å²) in [5.74, 6) is 1.05. The number of benzene rings is 1. The minimum atomic E-state index is -0.0594. The second-order valence-corrected chi connectivity index (χ2v) is 9.97. The first-order valence-corrected chi connectivity index (χ1v) is 13.3. The van der Waals surface area contributed by atoms with Gasteiger partial charge in [0.15, 0.2) is 11.3 Å². The topological polar surface area (TPSA) is 89.3 Å². The normalized spacial score (nSPS) is 19.2. The van der Waals surface area contributed by atoms with Crippen molar-refractivity contribution in [1.29, 1.82) is 0 Å². The minimum absolute atomic E-state index is 0.0252. The van der Waals surface area contributed by atoms with Crippen molar-refractivity contribution in [3.63, 3.8) is 0 Å². The maximum Gasteiger partial charge on any atom is 0.309 e. The highest BCUT2D eigenvalue weighted by molar-refractivity contribution is 5.93. The number of ether oxygens (including phenoxy) is 2. The van der Waals surface area contributed by atoms with Gasteiger partial charge in [-0.05, 0) is 69.5 Å². The maximum absolute atomic E-state index is 13.1. The largest absolute Gasteiger partial charge is 0.493 e. The molecule has 37 heavy (non-hydrogen) atoms. The number of fused-ring (bicyclic) bond motifs is 1. The molecule has 5 rings (SSSR count). The van der Waals surface area contributed by atoms with Crippen molar-refractivity contribution >= 4 is 17.5 Å². The summed E-state index contributed by atoms with van der Waals surface area (Å²) in [5.41, 5.74) is 2.30. The Kier molecular flexibility index (Phi) is 7.99. The van der Waals surface area contributed by atoms with Crippen LogP contribution in [0.1, 0.15) is 48.7 Å². The van der Waals surface area contributed by atoms with E-state index in [1.54, 1.807) is 29.0 Å². The molecule has 2 aliphatic heterocycles. The van der Waals surface area contributed by atoms with E-state index in [1.165, 1.54) is 5.56 Å². The van der Waals surface area contributed by atoms with E-state index >= 15 is 0 Å². The predicted molar refractivity (Wildman–Crippen MR) is 138 cm³/mol. The van der Waals surface area contributed by atoms with Gasteiger partial charge in [0.25, 0.3) is 5.91 Å². The first-order valence-electron chi connectivity index (χ1n) is 13.3. The molecule has 0 N–H and O–H groups in total. The number of carbonyl (C=O) groups excluding carboxylic acids is 2. The molecular weight excluding hydrogens is 470 g/mol. The van der Waals surface area contributed by atoms with Gasteiger partial charge in [-0.3, -0.25) is 14.5 Å². The van der Waals surface area contributed by atoms with Crippen molar-refractivity contribution in [1.82, 2.24) is 24.4 Å². The third kappa shape index (κ3) is 6.28. The number of likely N-dealkylation sites (tertiary alicyclic amines) is 2. The minimum Gasteiger partial charge on any atom is -0.493 e. The molecule has 2 aliphatic rings. The summed E-state index contributed by atoms with van der Waals surface area (Å²) < 4.78 is 13.0. The lowest BCUT2D eigenvalue weighted by Crippen LogP contribution is -2.41. The zero-order valence-corrected chi connectivity index (χ0v) is 21.4. The van der Waals surface area contributed by atoms with Gasteiger partial charge in [-0.25, -0.2) is 9.50 Å². The van der Waals surface area contributed by atoms with E-state index in [2.05, 4.69) is 27.1 Å². The molecule has 9 heteroatoms. The molecule has 1 aromatic carbocycles. The highest BCUT2D eigenvalue weighted by atomic mass is 16.5. The molecule has 0 radical (unpaired) electrons. The fourth-order valence-corrected chi connectivity index (χ4v) is 5.27. The summed E-state index contributed by atoms with van der Waals surface area (Å²) in [4.78, 5) is 33.6. The SMILES string of the molecule is CCOC(=O)C1CCN(Cc2cccc(OCC3CCCN(C(=O)c4cc5ncccn5n4)C3)c2)CC1. The van der Waals surface area contributed by atoms with Crippen molar-refractivity contribution in [3.05, 3.63) is 60.0 Å². The van der Waals surface area contributed by atoms with E-state index in [0.29, 0.717) is 31.1 Å². The number of hydrogen-bond acceptors (Lipinski definition) is 7. The third-order valence-corrected chi connectivity index (χ3v) is 7.26. The van der Waals surface area contributed by atoms with Crippen molar-refractivity contribution in [2.75, 3.05) is 39.4 Å². The number of rotatable bonds is 8. The van der Waals surface area contributed by atoms with Crippen LogP contribution in [0, 0.1) is 11.8 Å². The number of nitrogens with zero attached hydrogens (tertiary/aromatic N) is 5. The average molecular weight is 506 g/mol. The smallest absolute Gasteiger partial charge is 0.309 e. The molecule has 2 saturated heterocycles. The van der Waals surface area contributed by atoms with Crippen LogP contribution < -0.4 is 4.74 Å². The highest BCUT2D eigenvalue weighted by Gasteiger charge is 2.27. The number of hydrogen-bond donors (Lipinski definition) is 0. The molecule has 2 fully saturated rings. The summed E-state index contributed by atoms with van der Waals surface area (Å²) in [7, 11) is 0. The first kappa shape index (κ1) is 25.2. The fourth-order valence-electron chi connectivity index (χ4n) is 5.27. The van der Waals surface area contributed by atoms with Gasteiger partial charge >= 0.3 is 5.97 Å². The van der Waals surface area contributed by atoms with Gasteiger partial charge in [0.2, 0.25) is 0 Å². The molecule has 2 aromatic heterocycles. The Morgan fingerprint density at radius 3 is 2.76 bits per heavy atom. The van der Waals surface area contributed by atoms with Crippen LogP contribution in [0.3, 0.4) is 0 Å². The summed E-state index contributed by atoms with van der Waals surface area (Å²) in [6.07, 6.45) is 7.17. The number of aromatic nitrogens is 3. The van der Waals surface area contributed by atoms with Crippen LogP contribution in [0.15, 0.2) is 48.8 Å². The lowest BCUT2D eigenvalue weighted by Gasteiger charge is -2.32. The fraction of sp³-hybridized carbons (Fsp3) is 0.500. The van der Waals surface area contributed by atoms with Crippen LogP contribution in [0.25, 0.3) is 5.65 Å². The zero-order valence-electron chi connectivity index (χ0n) is 21.4. The Labute approximate surface area is 217 Å². The molecule has 9 nitrogen and oxygen atoms in total. The van der Waals surface area contributed by atoms with Gasteiger partial charge < -0.3 is 14.4 Å². The highest BCUT2D eigenvalue weighted by Crippen LogP contribution is 2.24. The number of esters is 1. The molecule has 1 unspecified atom stereocenters. The van der Waals surface area contributed by atoms with E-state index in [-0.39, 0.29) is 23.7 Å². The second kappa shape index (κ2) is 11.7. The predicted octanol–water partition coefficient (Wildman–Crippen LogP) is 3.44. The zero-order chi connectivity index (χ0) is 25.6. The molecule has 3 aromatic rings. The Balaban J connectivity index is 1.11. The van der Waals surface area contributed by atoms with Crippen LogP contribution >= 0.6 is 0 Å². The van der Waals surface area contributed by atoms with Crippen molar-refractivity contribution in [3.8, 4) is 5.75 Å². The Bertz CT molecular complexity index is 1190.